The maximum absolute atomic E-state index is 11.9. The first-order valence-electron chi connectivity index (χ1n) is 6.60. The summed E-state index contributed by atoms with van der Waals surface area (Å²) in [4.78, 5) is 22.5. The molecule has 0 aliphatic rings. The molecule has 0 radical (unpaired) electrons. The molecule has 0 saturated heterocycles. The van der Waals surface area contributed by atoms with E-state index < -0.39 is 5.97 Å². The number of carboxylic acids is 1. The third-order valence-corrected chi connectivity index (χ3v) is 4.38. The number of rotatable bonds is 6. The summed E-state index contributed by atoms with van der Waals surface area (Å²) in [6.45, 7) is 2.17. The van der Waals surface area contributed by atoms with Crippen LogP contribution in [0.15, 0.2) is 23.6 Å². The van der Waals surface area contributed by atoms with E-state index in [-0.39, 0.29) is 24.7 Å². The van der Waals surface area contributed by atoms with Crippen molar-refractivity contribution in [1.82, 2.24) is 5.32 Å². The number of benzene rings is 1. The van der Waals surface area contributed by atoms with Crippen LogP contribution in [-0.4, -0.2) is 23.5 Å². The Morgan fingerprint density at radius 3 is 2.90 bits per heavy atom. The van der Waals surface area contributed by atoms with Gasteiger partial charge in [-0.25, -0.2) is 0 Å². The zero-order valence-corrected chi connectivity index (χ0v) is 13.1. The van der Waals surface area contributed by atoms with Gasteiger partial charge in [0.15, 0.2) is 0 Å². The standard InChI is InChI=1S/C15H16ClNO3S/c1-9(4-15(19)20)7-17-14(18)5-10-8-21-13-3-2-11(16)6-12(10)13/h2-3,6,8-9H,4-5,7H2,1H3,(H,17,18)(H,19,20). The molecule has 21 heavy (non-hydrogen) atoms. The predicted octanol–water partition coefficient (Wildman–Crippen LogP) is 3.32. The fraction of sp³-hybridized carbons (Fsp3) is 0.333. The number of fused-ring (bicyclic) bond motifs is 1. The maximum Gasteiger partial charge on any atom is 0.303 e. The second kappa shape index (κ2) is 6.91. The van der Waals surface area contributed by atoms with Gasteiger partial charge in [0.05, 0.1) is 6.42 Å². The molecule has 0 bridgehead atoms. The minimum Gasteiger partial charge on any atom is -0.481 e. The van der Waals surface area contributed by atoms with E-state index in [4.69, 9.17) is 16.7 Å². The molecule has 1 aromatic carbocycles. The van der Waals surface area contributed by atoms with Gasteiger partial charge in [-0.2, -0.15) is 0 Å². The summed E-state index contributed by atoms with van der Waals surface area (Å²) in [5.74, 6) is -1.04. The maximum atomic E-state index is 11.9. The summed E-state index contributed by atoms with van der Waals surface area (Å²) in [7, 11) is 0. The molecule has 0 aliphatic heterocycles. The van der Waals surface area contributed by atoms with Crippen LogP contribution in [0.4, 0.5) is 0 Å². The molecule has 0 fully saturated rings. The van der Waals surface area contributed by atoms with Gasteiger partial charge in [-0.3, -0.25) is 9.59 Å². The normalized spacial score (nSPS) is 12.3. The van der Waals surface area contributed by atoms with Crippen molar-refractivity contribution in [3.8, 4) is 0 Å². The zero-order chi connectivity index (χ0) is 15.4. The molecule has 1 unspecified atom stereocenters. The predicted molar refractivity (Wildman–Crippen MR) is 85.0 cm³/mol. The zero-order valence-electron chi connectivity index (χ0n) is 11.6. The number of nitrogens with one attached hydrogen (secondary N) is 1. The van der Waals surface area contributed by atoms with Crippen molar-refractivity contribution in [2.75, 3.05) is 6.54 Å². The highest BCUT2D eigenvalue weighted by Gasteiger charge is 2.12. The van der Waals surface area contributed by atoms with Gasteiger partial charge >= 0.3 is 5.97 Å². The van der Waals surface area contributed by atoms with Crippen LogP contribution in [0.5, 0.6) is 0 Å². The molecule has 0 saturated carbocycles. The lowest BCUT2D eigenvalue weighted by atomic mass is 10.1. The number of aliphatic carboxylic acids is 1. The molecule has 0 spiro atoms. The fourth-order valence-electron chi connectivity index (χ4n) is 2.08. The van der Waals surface area contributed by atoms with Gasteiger partial charge in [-0.15, -0.1) is 11.3 Å². The van der Waals surface area contributed by atoms with Crippen LogP contribution in [0.1, 0.15) is 18.9 Å². The first kappa shape index (κ1) is 15.8. The monoisotopic (exact) mass is 325 g/mol. The van der Waals surface area contributed by atoms with E-state index in [1.807, 2.05) is 23.6 Å². The highest BCUT2D eigenvalue weighted by molar-refractivity contribution is 7.17. The van der Waals surface area contributed by atoms with Crippen LogP contribution in [0.2, 0.25) is 5.02 Å². The summed E-state index contributed by atoms with van der Waals surface area (Å²) in [5, 5.41) is 15.1. The van der Waals surface area contributed by atoms with E-state index in [0.717, 1.165) is 15.6 Å². The van der Waals surface area contributed by atoms with Gasteiger partial charge in [0.2, 0.25) is 5.91 Å². The molecule has 6 heteroatoms. The van der Waals surface area contributed by atoms with E-state index >= 15 is 0 Å². The Kier molecular flexibility index (Phi) is 5.20. The molecule has 1 amide bonds. The Balaban J connectivity index is 1.95. The minimum atomic E-state index is -0.852. The van der Waals surface area contributed by atoms with E-state index in [2.05, 4.69) is 5.32 Å². The van der Waals surface area contributed by atoms with Gasteiger partial charge < -0.3 is 10.4 Å². The number of hydrogen-bond donors (Lipinski definition) is 2. The van der Waals surface area contributed by atoms with Crippen molar-refractivity contribution >= 4 is 44.9 Å². The highest BCUT2D eigenvalue weighted by atomic mass is 35.5. The van der Waals surface area contributed by atoms with Crippen molar-refractivity contribution in [1.29, 1.82) is 0 Å². The quantitative estimate of drug-likeness (QED) is 0.856. The molecule has 2 N–H and O–H groups in total. The van der Waals surface area contributed by atoms with Crippen LogP contribution in [-0.2, 0) is 16.0 Å². The summed E-state index contributed by atoms with van der Waals surface area (Å²) in [5.41, 5.74) is 0.945. The highest BCUT2D eigenvalue weighted by Crippen LogP contribution is 2.28. The van der Waals surface area contributed by atoms with Crippen molar-refractivity contribution in [3.05, 3.63) is 34.2 Å². The van der Waals surface area contributed by atoms with Crippen LogP contribution in [0.3, 0.4) is 0 Å². The molecule has 4 nitrogen and oxygen atoms in total. The lowest BCUT2D eigenvalue weighted by molar-refractivity contribution is -0.138. The van der Waals surface area contributed by atoms with Crippen LogP contribution in [0.25, 0.3) is 10.1 Å². The minimum absolute atomic E-state index is 0.0528. The number of carbonyl (C=O) groups is 2. The summed E-state index contributed by atoms with van der Waals surface area (Å²) in [6.07, 6.45) is 0.331. The summed E-state index contributed by atoms with van der Waals surface area (Å²) >= 11 is 7.56. The lowest BCUT2D eigenvalue weighted by Gasteiger charge is -2.10. The van der Waals surface area contributed by atoms with Crippen LogP contribution in [0, 0.1) is 5.92 Å². The second-order valence-corrected chi connectivity index (χ2v) is 6.43. The molecule has 1 heterocycles. The van der Waals surface area contributed by atoms with Gasteiger partial charge in [-0.05, 0) is 40.4 Å². The number of carbonyl (C=O) groups excluding carboxylic acids is 1. The Morgan fingerprint density at radius 2 is 2.19 bits per heavy atom. The second-order valence-electron chi connectivity index (χ2n) is 5.09. The molecule has 1 aromatic heterocycles. The lowest BCUT2D eigenvalue weighted by Crippen LogP contribution is -2.30. The number of halogens is 1. The van der Waals surface area contributed by atoms with E-state index in [9.17, 15) is 9.59 Å². The van der Waals surface area contributed by atoms with Gasteiger partial charge in [0.25, 0.3) is 0 Å². The van der Waals surface area contributed by atoms with E-state index in [1.54, 1.807) is 18.3 Å². The van der Waals surface area contributed by atoms with Crippen molar-refractivity contribution in [3.63, 3.8) is 0 Å². The number of hydrogen-bond acceptors (Lipinski definition) is 3. The van der Waals surface area contributed by atoms with Crippen molar-refractivity contribution in [2.24, 2.45) is 5.92 Å². The number of amides is 1. The topological polar surface area (TPSA) is 66.4 Å². The average Bonchev–Trinajstić information content (AvgIpc) is 2.78. The average molecular weight is 326 g/mol. The van der Waals surface area contributed by atoms with Crippen LogP contribution >= 0.6 is 22.9 Å². The Hall–Kier alpha value is -1.59. The Labute approximate surface area is 131 Å². The third-order valence-electron chi connectivity index (χ3n) is 3.14. The molecule has 1 atom stereocenters. The Morgan fingerprint density at radius 1 is 1.43 bits per heavy atom. The SMILES string of the molecule is CC(CNC(=O)Cc1csc2ccc(Cl)cc12)CC(=O)O. The first-order valence-corrected chi connectivity index (χ1v) is 7.85. The fourth-order valence-corrected chi connectivity index (χ4v) is 3.20. The van der Waals surface area contributed by atoms with Crippen LogP contribution < -0.4 is 5.32 Å². The number of thiophene rings is 1. The summed E-state index contributed by atoms with van der Waals surface area (Å²) in [6, 6.07) is 5.64. The van der Waals surface area contributed by atoms with E-state index in [1.165, 1.54) is 0 Å². The largest absolute Gasteiger partial charge is 0.481 e. The number of carboxylic acid groups (broad SMARTS) is 1. The van der Waals surface area contributed by atoms with Gasteiger partial charge in [-0.1, -0.05) is 18.5 Å². The Bertz CT molecular complexity index is 668. The molecule has 0 aliphatic carbocycles. The van der Waals surface area contributed by atoms with Crippen molar-refractivity contribution < 1.29 is 14.7 Å². The molecule has 2 aromatic rings. The molecular weight excluding hydrogens is 310 g/mol. The third kappa shape index (κ3) is 4.44. The van der Waals surface area contributed by atoms with Gasteiger partial charge in [0, 0.05) is 22.7 Å². The smallest absolute Gasteiger partial charge is 0.303 e. The molecule has 2 rings (SSSR count). The van der Waals surface area contributed by atoms with E-state index in [0.29, 0.717) is 11.6 Å². The summed E-state index contributed by atoms with van der Waals surface area (Å²) < 4.78 is 1.10. The molecule has 112 valence electrons. The molecular formula is C15H16ClNO3S. The van der Waals surface area contributed by atoms with Crippen molar-refractivity contribution in [2.45, 2.75) is 19.8 Å². The van der Waals surface area contributed by atoms with Gasteiger partial charge in [0.1, 0.15) is 0 Å². The first-order chi connectivity index (χ1) is 9.95.